The minimum atomic E-state index is -0.321. The summed E-state index contributed by atoms with van der Waals surface area (Å²) in [4.78, 5) is 21.1. The summed E-state index contributed by atoms with van der Waals surface area (Å²) in [6.07, 6.45) is 3.49. The van der Waals surface area contributed by atoms with Crippen LogP contribution < -0.4 is 34.3 Å². The van der Waals surface area contributed by atoms with Gasteiger partial charge in [0.1, 0.15) is 18.0 Å². The van der Waals surface area contributed by atoms with Gasteiger partial charge in [0.05, 0.1) is 7.11 Å². The average Bonchev–Trinajstić information content (AvgIpc) is 2.86. The Balaban J connectivity index is 0. The van der Waals surface area contributed by atoms with E-state index in [-0.39, 0.29) is 55.1 Å². The Morgan fingerprint density at radius 1 is 1.00 bits per heavy atom. The first-order valence-electron chi connectivity index (χ1n) is 6.63. The van der Waals surface area contributed by atoms with Gasteiger partial charge in [-0.25, -0.2) is 0 Å². The van der Waals surface area contributed by atoms with Gasteiger partial charge in [0.2, 0.25) is 0 Å². The zero-order chi connectivity index (χ0) is 15.7. The van der Waals surface area contributed by atoms with Gasteiger partial charge in [0.15, 0.2) is 0 Å². The molecular weight excluding hydrogens is 295 g/mol. The zero-order valence-electron chi connectivity index (χ0n) is 14.4. The quantitative estimate of drug-likeness (QED) is 0.432. The molecule has 0 fully saturated rings. The number of carbonyl (C=O) groups excluding carboxylic acids is 2. The monoisotopic (exact) mass is 316 g/mol. The third-order valence-electron chi connectivity index (χ3n) is 2.62. The summed E-state index contributed by atoms with van der Waals surface area (Å²) in [5, 5.41) is 0. The number of methoxy groups -OCH3 is 1. The molecule has 0 heterocycles. The van der Waals surface area contributed by atoms with Crippen molar-refractivity contribution >= 4 is 11.9 Å². The first-order chi connectivity index (χ1) is 10.0. The number of hydrogen-bond donors (Lipinski definition) is 0. The van der Waals surface area contributed by atoms with Crippen molar-refractivity contribution in [2.24, 2.45) is 0 Å². The van der Waals surface area contributed by atoms with Crippen molar-refractivity contribution in [3.05, 3.63) is 42.5 Å². The molecule has 1 aromatic rings. The maximum atomic E-state index is 10.6. The normalized spacial score (nSPS) is 18.3. The molecule has 0 saturated carbocycles. The number of para-hydroxylation sites is 1. The molecule has 1 aromatic carbocycles. The number of carbonyl (C=O) groups is 2. The molecule has 0 bridgehead atoms. The molecule has 0 amide bonds. The van der Waals surface area contributed by atoms with Gasteiger partial charge in [-0.1, -0.05) is 18.2 Å². The largest absolute Gasteiger partial charge is 1.00 e. The number of rotatable bonds is 3. The van der Waals surface area contributed by atoms with Crippen LogP contribution in [0, 0.1) is 0 Å². The summed E-state index contributed by atoms with van der Waals surface area (Å²) in [6, 6.07) is 9.68. The summed E-state index contributed by atoms with van der Waals surface area (Å²) < 4.78 is 14.7. The SMILES string of the molecule is CC(=O)OC1C=CC(OC(C)=O)C1.COc1ccccc1.[H-].[Na+]. The van der Waals surface area contributed by atoms with Crippen LogP contribution in [0.4, 0.5) is 0 Å². The van der Waals surface area contributed by atoms with E-state index in [9.17, 15) is 9.59 Å². The van der Waals surface area contributed by atoms with E-state index in [4.69, 9.17) is 14.2 Å². The Hall–Kier alpha value is -1.30. The molecule has 116 valence electrons. The van der Waals surface area contributed by atoms with E-state index in [1.54, 1.807) is 19.3 Å². The van der Waals surface area contributed by atoms with Crippen molar-refractivity contribution in [1.82, 2.24) is 0 Å². The van der Waals surface area contributed by atoms with Crippen molar-refractivity contribution < 1.29 is 54.8 Å². The fourth-order valence-corrected chi connectivity index (χ4v) is 1.79. The molecule has 2 rings (SSSR count). The van der Waals surface area contributed by atoms with Crippen LogP contribution in [0.5, 0.6) is 5.75 Å². The Labute approximate surface area is 154 Å². The molecule has 0 saturated heterocycles. The third-order valence-corrected chi connectivity index (χ3v) is 2.62. The van der Waals surface area contributed by atoms with Crippen LogP contribution in [0.2, 0.25) is 0 Å². The summed E-state index contributed by atoms with van der Waals surface area (Å²) in [5.74, 6) is 0.267. The Kier molecular flexibility index (Phi) is 10.6. The number of benzene rings is 1. The topological polar surface area (TPSA) is 61.8 Å². The molecule has 1 aliphatic carbocycles. The number of hydrogen-bond acceptors (Lipinski definition) is 5. The Morgan fingerprint density at radius 3 is 1.77 bits per heavy atom. The van der Waals surface area contributed by atoms with Crippen molar-refractivity contribution in [2.45, 2.75) is 32.5 Å². The van der Waals surface area contributed by atoms with Crippen LogP contribution in [-0.2, 0) is 19.1 Å². The van der Waals surface area contributed by atoms with Crippen molar-refractivity contribution in [1.29, 1.82) is 0 Å². The van der Waals surface area contributed by atoms with Crippen LogP contribution in [0.15, 0.2) is 42.5 Å². The fourth-order valence-electron chi connectivity index (χ4n) is 1.79. The maximum Gasteiger partial charge on any atom is 1.00 e. The standard InChI is InChI=1S/C9H12O4.C7H8O.Na.H/c1-6(10)12-8-3-4-9(5-8)13-7(2)11;1-8-7-5-3-2-4-6-7;;/h3-4,8-9H,5H2,1-2H3;2-6H,1H3;;/q;;+1;-1. The van der Waals surface area contributed by atoms with E-state index in [0.717, 1.165) is 5.75 Å². The van der Waals surface area contributed by atoms with E-state index in [2.05, 4.69) is 0 Å². The van der Waals surface area contributed by atoms with E-state index in [1.807, 2.05) is 30.3 Å². The van der Waals surface area contributed by atoms with Gasteiger partial charge < -0.3 is 15.6 Å². The third kappa shape index (κ3) is 8.87. The molecule has 0 N–H and O–H groups in total. The van der Waals surface area contributed by atoms with Crippen molar-refractivity contribution in [3.8, 4) is 5.75 Å². The van der Waals surface area contributed by atoms with Gasteiger partial charge in [0, 0.05) is 20.3 Å². The van der Waals surface area contributed by atoms with E-state index in [0.29, 0.717) is 6.42 Å². The molecule has 2 atom stereocenters. The molecule has 1 aliphatic rings. The average molecular weight is 316 g/mol. The molecule has 2 unspecified atom stereocenters. The van der Waals surface area contributed by atoms with Crippen LogP contribution in [0.1, 0.15) is 21.7 Å². The van der Waals surface area contributed by atoms with Gasteiger partial charge >= 0.3 is 41.5 Å². The zero-order valence-corrected chi connectivity index (χ0v) is 15.4. The van der Waals surface area contributed by atoms with E-state index < -0.39 is 0 Å². The molecule has 0 spiro atoms. The fraction of sp³-hybridized carbons (Fsp3) is 0.375. The van der Waals surface area contributed by atoms with Crippen LogP contribution >= 0.6 is 0 Å². The first-order valence-corrected chi connectivity index (χ1v) is 6.63. The minimum Gasteiger partial charge on any atom is -1.00 e. The first kappa shape index (κ1) is 20.7. The van der Waals surface area contributed by atoms with Crippen molar-refractivity contribution in [2.75, 3.05) is 7.11 Å². The molecule has 22 heavy (non-hydrogen) atoms. The second kappa shape index (κ2) is 11.3. The van der Waals surface area contributed by atoms with Gasteiger partial charge in [-0.3, -0.25) is 9.59 Å². The van der Waals surface area contributed by atoms with Gasteiger partial charge in [0.25, 0.3) is 0 Å². The summed E-state index contributed by atoms with van der Waals surface area (Å²) in [7, 11) is 1.66. The number of ether oxygens (including phenoxy) is 3. The second-order valence-electron chi connectivity index (χ2n) is 4.43. The van der Waals surface area contributed by atoms with Gasteiger partial charge in [-0.05, 0) is 24.3 Å². The van der Waals surface area contributed by atoms with Crippen LogP contribution in [0.25, 0.3) is 0 Å². The predicted molar refractivity (Wildman–Crippen MR) is 79.0 cm³/mol. The van der Waals surface area contributed by atoms with E-state index in [1.165, 1.54) is 13.8 Å². The molecule has 0 radical (unpaired) electrons. The van der Waals surface area contributed by atoms with Crippen molar-refractivity contribution in [3.63, 3.8) is 0 Å². The van der Waals surface area contributed by atoms with Gasteiger partial charge in [-0.15, -0.1) is 0 Å². The summed E-state index contributed by atoms with van der Waals surface area (Å²) in [5.41, 5.74) is 0. The molecule has 0 aromatic heterocycles. The molecule has 0 aliphatic heterocycles. The van der Waals surface area contributed by atoms with Gasteiger partial charge in [-0.2, -0.15) is 0 Å². The molecule has 5 nitrogen and oxygen atoms in total. The Bertz CT molecular complexity index is 469. The summed E-state index contributed by atoms with van der Waals surface area (Å²) in [6.45, 7) is 2.71. The second-order valence-corrected chi connectivity index (χ2v) is 4.43. The van der Waals surface area contributed by atoms with Crippen LogP contribution in [-0.4, -0.2) is 31.3 Å². The number of esters is 2. The smallest absolute Gasteiger partial charge is 1.00 e. The molecular formula is C16H21NaO5. The molecule has 6 heteroatoms. The predicted octanol–water partition coefficient (Wildman–Crippen LogP) is -0.379. The van der Waals surface area contributed by atoms with Crippen LogP contribution in [0.3, 0.4) is 0 Å². The maximum absolute atomic E-state index is 10.6. The minimum absolute atomic E-state index is 0. The van der Waals surface area contributed by atoms with E-state index >= 15 is 0 Å². The Morgan fingerprint density at radius 2 is 1.45 bits per heavy atom. The summed E-state index contributed by atoms with van der Waals surface area (Å²) >= 11 is 0.